The fourth-order valence-corrected chi connectivity index (χ4v) is 1.89. The highest BCUT2D eigenvalue weighted by Crippen LogP contribution is 2.12. The fourth-order valence-electron chi connectivity index (χ4n) is 1.89. The molecule has 1 rings (SSSR count). The van der Waals surface area contributed by atoms with Crippen molar-refractivity contribution in [1.82, 2.24) is 5.32 Å². The zero-order valence-electron chi connectivity index (χ0n) is 9.42. The van der Waals surface area contributed by atoms with E-state index in [-0.39, 0.29) is 6.23 Å². The van der Waals surface area contributed by atoms with E-state index in [1.165, 1.54) is 25.7 Å². The SMILES string of the molecule is CCCC(CCC)NC1CCCOO1. The van der Waals surface area contributed by atoms with E-state index in [4.69, 9.17) is 9.78 Å². The van der Waals surface area contributed by atoms with Gasteiger partial charge >= 0.3 is 0 Å². The van der Waals surface area contributed by atoms with Crippen LogP contribution < -0.4 is 5.32 Å². The van der Waals surface area contributed by atoms with E-state index >= 15 is 0 Å². The molecule has 84 valence electrons. The minimum absolute atomic E-state index is 0.117. The molecule has 3 heteroatoms. The van der Waals surface area contributed by atoms with Crippen LogP contribution in [0, 0.1) is 0 Å². The van der Waals surface area contributed by atoms with Gasteiger partial charge in [-0.1, -0.05) is 26.7 Å². The first-order valence-electron chi connectivity index (χ1n) is 5.91. The van der Waals surface area contributed by atoms with Crippen molar-refractivity contribution >= 4 is 0 Å². The second-order valence-corrected chi connectivity index (χ2v) is 3.99. The first-order valence-corrected chi connectivity index (χ1v) is 5.91. The van der Waals surface area contributed by atoms with Gasteiger partial charge < -0.3 is 0 Å². The lowest BCUT2D eigenvalue weighted by Crippen LogP contribution is -2.41. The predicted octanol–water partition coefficient (Wildman–Crippen LogP) is 2.61. The molecule has 1 N–H and O–H groups in total. The number of nitrogens with one attached hydrogen (secondary N) is 1. The molecule has 1 aliphatic rings. The summed E-state index contributed by atoms with van der Waals surface area (Å²) in [4.78, 5) is 10.2. The van der Waals surface area contributed by atoms with Crippen LogP contribution in [0.3, 0.4) is 0 Å². The van der Waals surface area contributed by atoms with Crippen molar-refractivity contribution in [3.8, 4) is 0 Å². The molecule has 0 amide bonds. The van der Waals surface area contributed by atoms with Gasteiger partial charge in [0.1, 0.15) is 6.23 Å². The molecule has 0 aliphatic carbocycles. The molecule has 0 bridgehead atoms. The summed E-state index contributed by atoms with van der Waals surface area (Å²) in [5.74, 6) is 0. The van der Waals surface area contributed by atoms with Gasteiger partial charge in [-0.2, -0.15) is 0 Å². The van der Waals surface area contributed by atoms with E-state index in [0.717, 1.165) is 19.4 Å². The summed E-state index contributed by atoms with van der Waals surface area (Å²) in [6.07, 6.45) is 7.21. The van der Waals surface area contributed by atoms with Crippen LogP contribution in [0.2, 0.25) is 0 Å². The highest BCUT2D eigenvalue weighted by molar-refractivity contribution is 4.69. The topological polar surface area (TPSA) is 30.5 Å². The van der Waals surface area contributed by atoms with Crippen molar-refractivity contribution in [3.05, 3.63) is 0 Å². The third-order valence-corrected chi connectivity index (χ3v) is 2.57. The van der Waals surface area contributed by atoms with Crippen molar-refractivity contribution in [3.63, 3.8) is 0 Å². The second kappa shape index (κ2) is 7.21. The van der Waals surface area contributed by atoms with Gasteiger partial charge in [0.15, 0.2) is 0 Å². The summed E-state index contributed by atoms with van der Waals surface area (Å²) in [5.41, 5.74) is 0. The Hall–Kier alpha value is -0.120. The molecule has 0 spiro atoms. The maximum atomic E-state index is 5.19. The molecule has 1 atom stereocenters. The lowest BCUT2D eigenvalue weighted by atomic mass is 10.1. The smallest absolute Gasteiger partial charge is 0.144 e. The summed E-state index contributed by atoms with van der Waals surface area (Å²) in [5, 5.41) is 3.51. The Balaban J connectivity index is 2.21. The molecule has 1 saturated heterocycles. The van der Waals surface area contributed by atoms with E-state index < -0.39 is 0 Å². The Kier molecular flexibility index (Phi) is 6.15. The van der Waals surface area contributed by atoms with Crippen LogP contribution in [0.4, 0.5) is 0 Å². The first-order chi connectivity index (χ1) is 6.86. The van der Waals surface area contributed by atoms with Gasteiger partial charge in [-0.05, 0) is 25.7 Å². The molecule has 1 aliphatic heterocycles. The van der Waals surface area contributed by atoms with Crippen molar-refractivity contribution in [2.45, 2.75) is 64.6 Å². The van der Waals surface area contributed by atoms with Crippen LogP contribution in [0.1, 0.15) is 52.4 Å². The molecular weight excluding hydrogens is 178 g/mol. The predicted molar refractivity (Wildman–Crippen MR) is 56.8 cm³/mol. The molecule has 0 aromatic rings. The monoisotopic (exact) mass is 201 g/mol. The van der Waals surface area contributed by atoms with Gasteiger partial charge in [-0.25, -0.2) is 9.78 Å². The van der Waals surface area contributed by atoms with Gasteiger partial charge in [-0.3, -0.25) is 5.32 Å². The Morgan fingerprint density at radius 2 is 2.00 bits per heavy atom. The zero-order valence-corrected chi connectivity index (χ0v) is 9.42. The lowest BCUT2D eigenvalue weighted by molar-refractivity contribution is -0.352. The van der Waals surface area contributed by atoms with Crippen LogP contribution in [0.25, 0.3) is 0 Å². The van der Waals surface area contributed by atoms with Crippen LogP contribution in [0.15, 0.2) is 0 Å². The van der Waals surface area contributed by atoms with Gasteiger partial charge in [0, 0.05) is 6.04 Å². The average Bonchev–Trinajstić information content (AvgIpc) is 2.20. The number of rotatable bonds is 6. The van der Waals surface area contributed by atoms with Gasteiger partial charge in [0.25, 0.3) is 0 Å². The molecule has 0 aromatic carbocycles. The average molecular weight is 201 g/mol. The Labute approximate surface area is 87.1 Å². The van der Waals surface area contributed by atoms with Crippen LogP contribution >= 0.6 is 0 Å². The first kappa shape index (κ1) is 12.0. The normalized spacial score (nSPS) is 22.9. The van der Waals surface area contributed by atoms with Crippen LogP contribution in [-0.2, 0) is 9.78 Å². The fraction of sp³-hybridized carbons (Fsp3) is 1.00. The Bertz CT molecular complexity index is 129. The van der Waals surface area contributed by atoms with Gasteiger partial charge in [0.2, 0.25) is 0 Å². The summed E-state index contributed by atoms with van der Waals surface area (Å²) in [7, 11) is 0. The standard InChI is InChI=1S/C11H23NO2/c1-3-6-10(7-4-2)12-11-8-5-9-13-14-11/h10-12H,3-9H2,1-2H3. The highest BCUT2D eigenvalue weighted by atomic mass is 17.2. The highest BCUT2D eigenvalue weighted by Gasteiger charge is 2.18. The third kappa shape index (κ3) is 4.40. The zero-order chi connectivity index (χ0) is 10.2. The summed E-state index contributed by atoms with van der Waals surface area (Å²) in [6, 6.07) is 0.594. The molecule has 0 aromatic heterocycles. The molecule has 3 nitrogen and oxygen atoms in total. The van der Waals surface area contributed by atoms with Crippen molar-refractivity contribution in [2.24, 2.45) is 0 Å². The molecule has 1 fully saturated rings. The lowest BCUT2D eigenvalue weighted by Gasteiger charge is -2.27. The minimum Gasteiger partial charge on any atom is -0.287 e. The van der Waals surface area contributed by atoms with Crippen LogP contribution in [0.5, 0.6) is 0 Å². The molecule has 1 unspecified atom stereocenters. The molecule has 1 heterocycles. The Morgan fingerprint density at radius 1 is 1.29 bits per heavy atom. The largest absolute Gasteiger partial charge is 0.287 e. The summed E-state index contributed by atoms with van der Waals surface area (Å²) < 4.78 is 0. The van der Waals surface area contributed by atoms with Gasteiger partial charge in [0.05, 0.1) is 6.61 Å². The third-order valence-electron chi connectivity index (χ3n) is 2.57. The Morgan fingerprint density at radius 3 is 2.50 bits per heavy atom. The van der Waals surface area contributed by atoms with E-state index in [9.17, 15) is 0 Å². The number of hydrogen-bond acceptors (Lipinski definition) is 3. The maximum Gasteiger partial charge on any atom is 0.144 e. The van der Waals surface area contributed by atoms with Gasteiger partial charge in [-0.15, -0.1) is 0 Å². The summed E-state index contributed by atoms with van der Waals surface area (Å²) >= 11 is 0. The van der Waals surface area contributed by atoms with E-state index in [1.54, 1.807) is 0 Å². The van der Waals surface area contributed by atoms with Crippen molar-refractivity contribution in [1.29, 1.82) is 0 Å². The van der Waals surface area contributed by atoms with E-state index in [2.05, 4.69) is 19.2 Å². The van der Waals surface area contributed by atoms with E-state index in [1.807, 2.05) is 0 Å². The second-order valence-electron chi connectivity index (χ2n) is 3.99. The molecule has 0 radical (unpaired) electrons. The van der Waals surface area contributed by atoms with Crippen molar-refractivity contribution in [2.75, 3.05) is 6.61 Å². The molecular formula is C11H23NO2. The van der Waals surface area contributed by atoms with E-state index in [0.29, 0.717) is 6.04 Å². The van der Waals surface area contributed by atoms with Crippen molar-refractivity contribution < 1.29 is 9.78 Å². The molecule has 0 saturated carbocycles. The maximum absolute atomic E-state index is 5.19. The van der Waals surface area contributed by atoms with Crippen LogP contribution in [-0.4, -0.2) is 18.9 Å². The number of hydrogen-bond donors (Lipinski definition) is 1. The summed E-state index contributed by atoms with van der Waals surface area (Å²) in [6.45, 7) is 5.19. The minimum atomic E-state index is 0.117. The quantitative estimate of drug-likeness (QED) is 0.670. The molecule has 14 heavy (non-hydrogen) atoms.